The Hall–Kier alpha value is -1.52. The highest BCUT2D eigenvalue weighted by atomic mass is 16.2. The van der Waals surface area contributed by atoms with E-state index >= 15 is 0 Å². The molecule has 1 aliphatic rings. The van der Waals surface area contributed by atoms with Gasteiger partial charge in [0.15, 0.2) is 0 Å². The van der Waals surface area contributed by atoms with Crippen molar-refractivity contribution in [1.82, 2.24) is 20.0 Å². The largest absolute Gasteiger partial charge is 0.338 e. The number of amides is 2. The predicted molar refractivity (Wildman–Crippen MR) is 70.3 cm³/mol. The minimum atomic E-state index is 0.0671. The Morgan fingerprint density at radius 2 is 2.44 bits per heavy atom. The number of aromatic nitrogens is 2. The Morgan fingerprint density at radius 1 is 1.61 bits per heavy atom. The van der Waals surface area contributed by atoms with Crippen LogP contribution in [0.15, 0.2) is 12.3 Å². The summed E-state index contributed by atoms with van der Waals surface area (Å²) >= 11 is 0. The van der Waals surface area contributed by atoms with Gasteiger partial charge in [-0.15, -0.1) is 0 Å². The minimum absolute atomic E-state index is 0.0671. The molecular formula is C13H22N4O. The van der Waals surface area contributed by atoms with Crippen molar-refractivity contribution in [3.8, 4) is 0 Å². The molecule has 0 aromatic carbocycles. The fraction of sp³-hybridized carbons (Fsp3) is 0.692. The van der Waals surface area contributed by atoms with E-state index in [0.29, 0.717) is 12.5 Å². The van der Waals surface area contributed by atoms with E-state index in [1.807, 2.05) is 24.2 Å². The molecule has 1 aromatic rings. The molecule has 5 nitrogen and oxygen atoms in total. The number of rotatable bonds is 3. The normalized spacial score (nSPS) is 19.9. The SMILES string of the molecule is CC1CCCN(C(=O)NCCc2ccn(C)n2)C1. The zero-order valence-corrected chi connectivity index (χ0v) is 11.2. The highest BCUT2D eigenvalue weighted by Crippen LogP contribution is 2.15. The van der Waals surface area contributed by atoms with Crippen molar-refractivity contribution in [3.05, 3.63) is 18.0 Å². The van der Waals surface area contributed by atoms with Gasteiger partial charge >= 0.3 is 6.03 Å². The average Bonchev–Trinajstić information content (AvgIpc) is 2.75. The number of hydrogen-bond donors (Lipinski definition) is 1. The first-order valence-corrected chi connectivity index (χ1v) is 6.66. The Kier molecular flexibility index (Phi) is 4.23. The zero-order valence-electron chi connectivity index (χ0n) is 11.2. The summed E-state index contributed by atoms with van der Waals surface area (Å²) in [6.45, 7) is 4.63. The molecule has 1 N–H and O–H groups in total. The Bertz CT molecular complexity index is 401. The Labute approximate surface area is 108 Å². The lowest BCUT2D eigenvalue weighted by Gasteiger charge is -2.30. The monoisotopic (exact) mass is 250 g/mol. The van der Waals surface area contributed by atoms with E-state index in [2.05, 4.69) is 17.3 Å². The van der Waals surface area contributed by atoms with E-state index in [1.165, 1.54) is 6.42 Å². The molecule has 1 atom stereocenters. The second kappa shape index (κ2) is 5.89. The maximum absolute atomic E-state index is 11.9. The third kappa shape index (κ3) is 3.48. The lowest BCUT2D eigenvalue weighted by Crippen LogP contribution is -2.45. The molecule has 1 unspecified atom stereocenters. The second-order valence-electron chi connectivity index (χ2n) is 5.16. The van der Waals surface area contributed by atoms with Gasteiger partial charge in [0.2, 0.25) is 0 Å². The van der Waals surface area contributed by atoms with Crippen molar-refractivity contribution >= 4 is 6.03 Å². The van der Waals surface area contributed by atoms with Crippen LogP contribution in [0.4, 0.5) is 4.79 Å². The standard InChI is InChI=1S/C13H22N4O/c1-11-4-3-8-17(10-11)13(18)14-7-5-12-6-9-16(2)15-12/h6,9,11H,3-5,7-8,10H2,1-2H3,(H,14,18). The molecule has 100 valence electrons. The fourth-order valence-electron chi connectivity index (χ4n) is 2.38. The van der Waals surface area contributed by atoms with Crippen LogP contribution >= 0.6 is 0 Å². The maximum Gasteiger partial charge on any atom is 0.317 e. The number of piperidine rings is 1. The number of aryl methyl sites for hydroxylation is 1. The van der Waals surface area contributed by atoms with E-state index in [0.717, 1.165) is 31.6 Å². The summed E-state index contributed by atoms with van der Waals surface area (Å²) in [4.78, 5) is 13.9. The van der Waals surface area contributed by atoms with Crippen LogP contribution in [0.25, 0.3) is 0 Å². The minimum Gasteiger partial charge on any atom is -0.338 e. The van der Waals surface area contributed by atoms with Gasteiger partial charge in [0.05, 0.1) is 5.69 Å². The highest BCUT2D eigenvalue weighted by Gasteiger charge is 2.20. The zero-order chi connectivity index (χ0) is 13.0. The van der Waals surface area contributed by atoms with Crippen LogP contribution < -0.4 is 5.32 Å². The van der Waals surface area contributed by atoms with E-state index in [9.17, 15) is 4.79 Å². The molecule has 2 amide bonds. The van der Waals surface area contributed by atoms with Gasteiger partial charge in [-0.25, -0.2) is 4.79 Å². The van der Waals surface area contributed by atoms with Crippen molar-refractivity contribution in [1.29, 1.82) is 0 Å². The van der Waals surface area contributed by atoms with Gasteiger partial charge in [0.1, 0.15) is 0 Å². The molecule has 2 heterocycles. The smallest absolute Gasteiger partial charge is 0.317 e. The molecule has 18 heavy (non-hydrogen) atoms. The molecule has 1 aliphatic heterocycles. The van der Waals surface area contributed by atoms with Crippen LogP contribution in [-0.4, -0.2) is 40.3 Å². The van der Waals surface area contributed by atoms with Gasteiger partial charge in [0.25, 0.3) is 0 Å². The molecule has 0 aliphatic carbocycles. The number of carbonyl (C=O) groups excluding carboxylic acids is 1. The van der Waals surface area contributed by atoms with Gasteiger partial charge in [-0.05, 0) is 24.8 Å². The van der Waals surface area contributed by atoms with E-state index < -0.39 is 0 Å². The van der Waals surface area contributed by atoms with Crippen molar-refractivity contribution in [2.75, 3.05) is 19.6 Å². The molecule has 1 fully saturated rings. The molecule has 5 heteroatoms. The molecule has 1 saturated heterocycles. The average molecular weight is 250 g/mol. The topological polar surface area (TPSA) is 50.2 Å². The van der Waals surface area contributed by atoms with Gasteiger partial charge in [-0.2, -0.15) is 5.10 Å². The summed E-state index contributed by atoms with van der Waals surface area (Å²) in [7, 11) is 1.90. The molecular weight excluding hydrogens is 228 g/mol. The van der Waals surface area contributed by atoms with Crippen LogP contribution in [0.5, 0.6) is 0 Å². The number of nitrogens with zero attached hydrogens (tertiary/aromatic N) is 3. The number of carbonyl (C=O) groups is 1. The molecule has 0 spiro atoms. The molecule has 1 aromatic heterocycles. The van der Waals surface area contributed by atoms with Crippen molar-refractivity contribution in [3.63, 3.8) is 0 Å². The summed E-state index contributed by atoms with van der Waals surface area (Å²) < 4.78 is 1.78. The lowest BCUT2D eigenvalue weighted by atomic mass is 10.0. The van der Waals surface area contributed by atoms with Crippen molar-refractivity contribution < 1.29 is 4.79 Å². The molecule has 0 bridgehead atoms. The van der Waals surface area contributed by atoms with Crippen LogP contribution in [0.1, 0.15) is 25.5 Å². The first kappa shape index (κ1) is 12.9. The van der Waals surface area contributed by atoms with Crippen molar-refractivity contribution in [2.45, 2.75) is 26.2 Å². The van der Waals surface area contributed by atoms with Gasteiger partial charge in [-0.1, -0.05) is 6.92 Å². The lowest BCUT2D eigenvalue weighted by molar-refractivity contribution is 0.170. The van der Waals surface area contributed by atoms with Crippen LogP contribution in [0.2, 0.25) is 0 Å². The highest BCUT2D eigenvalue weighted by molar-refractivity contribution is 5.74. The number of hydrogen-bond acceptors (Lipinski definition) is 2. The van der Waals surface area contributed by atoms with Crippen LogP contribution in [0, 0.1) is 5.92 Å². The quantitative estimate of drug-likeness (QED) is 0.881. The first-order chi connectivity index (χ1) is 8.65. The first-order valence-electron chi connectivity index (χ1n) is 6.66. The Balaban J connectivity index is 1.71. The number of nitrogens with one attached hydrogen (secondary N) is 1. The van der Waals surface area contributed by atoms with Gasteiger partial charge in [-0.3, -0.25) is 4.68 Å². The van der Waals surface area contributed by atoms with Gasteiger partial charge in [0, 0.05) is 39.3 Å². The summed E-state index contributed by atoms with van der Waals surface area (Å²) in [6, 6.07) is 2.05. The number of likely N-dealkylation sites (tertiary alicyclic amines) is 1. The molecule has 2 rings (SSSR count). The van der Waals surface area contributed by atoms with Crippen molar-refractivity contribution in [2.24, 2.45) is 13.0 Å². The summed E-state index contributed by atoms with van der Waals surface area (Å²) in [6.07, 6.45) is 5.06. The maximum atomic E-state index is 11.9. The van der Waals surface area contributed by atoms with E-state index in [4.69, 9.17) is 0 Å². The second-order valence-corrected chi connectivity index (χ2v) is 5.16. The predicted octanol–water partition coefficient (Wildman–Crippen LogP) is 1.40. The molecule has 0 saturated carbocycles. The van der Waals surface area contributed by atoms with Crippen LogP contribution in [-0.2, 0) is 13.5 Å². The van der Waals surface area contributed by atoms with E-state index in [1.54, 1.807) is 4.68 Å². The third-order valence-electron chi connectivity index (χ3n) is 3.37. The number of urea groups is 1. The van der Waals surface area contributed by atoms with E-state index in [-0.39, 0.29) is 6.03 Å². The Morgan fingerprint density at radius 3 is 3.11 bits per heavy atom. The fourth-order valence-corrected chi connectivity index (χ4v) is 2.38. The summed E-state index contributed by atoms with van der Waals surface area (Å²) in [5.41, 5.74) is 1.02. The summed E-state index contributed by atoms with van der Waals surface area (Å²) in [5.74, 6) is 0.625. The van der Waals surface area contributed by atoms with Gasteiger partial charge < -0.3 is 10.2 Å². The van der Waals surface area contributed by atoms with Crippen LogP contribution in [0.3, 0.4) is 0 Å². The third-order valence-corrected chi connectivity index (χ3v) is 3.37. The molecule has 0 radical (unpaired) electrons. The summed E-state index contributed by atoms with van der Waals surface area (Å²) in [5, 5.41) is 7.25.